The van der Waals surface area contributed by atoms with Crippen LogP contribution >= 0.6 is 0 Å². The monoisotopic (exact) mass is 514 g/mol. The standard InChI is InChI=1S/C31H38N4O3/c1-3-29(22-7-5-4-6-8-22)34-31(36)24-11-14-28(32)27(21-24)30(33)23-9-12-25(13-10-23)38-26-15-17-35(18-16-26)19-20-37-2/h4-14,21,26,29,33H,3,15-20,32H2,1-2H3,(H,34,36). The summed E-state index contributed by atoms with van der Waals surface area (Å²) in [7, 11) is 1.73. The van der Waals surface area contributed by atoms with Gasteiger partial charge in [0.05, 0.1) is 18.4 Å². The van der Waals surface area contributed by atoms with Crippen molar-refractivity contribution in [3.8, 4) is 5.75 Å². The maximum Gasteiger partial charge on any atom is 0.251 e. The van der Waals surface area contributed by atoms with Crippen LogP contribution in [-0.2, 0) is 4.74 Å². The van der Waals surface area contributed by atoms with Crippen LogP contribution in [0.2, 0.25) is 0 Å². The zero-order chi connectivity index (χ0) is 26.9. The van der Waals surface area contributed by atoms with Gasteiger partial charge < -0.3 is 25.4 Å². The first-order chi connectivity index (χ1) is 18.5. The Labute approximate surface area is 225 Å². The predicted octanol–water partition coefficient (Wildman–Crippen LogP) is 5.06. The summed E-state index contributed by atoms with van der Waals surface area (Å²) in [6, 6.07) is 22.5. The summed E-state index contributed by atoms with van der Waals surface area (Å²) in [4.78, 5) is 15.5. The third-order valence-electron chi connectivity index (χ3n) is 7.09. The fraction of sp³-hybridized carbons (Fsp3) is 0.355. The lowest BCUT2D eigenvalue weighted by molar-refractivity contribution is 0.0797. The predicted molar refractivity (Wildman–Crippen MR) is 152 cm³/mol. The van der Waals surface area contributed by atoms with Crippen molar-refractivity contribution in [2.45, 2.75) is 38.3 Å². The molecule has 0 aromatic heterocycles. The number of nitrogen functional groups attached to an aromatic ring is 1. The van der Waals surface area contributed by atoms with Crippen LogP contribution in [0.4, 0.5) is 5.69 Å². The van der Waals surface area contributed by atoms with Crippen LogP contribution in [0.3, 0.4) is 0 Å². The average molecular weight is 515 g/mol. The molecule has 1 atom stereocenters. The number of nitrogens with one attached hydrogen (secondary N) is 2. The third kappa shape index (κ3) is 7.00. The Morgan fingerprint density at radius 1 is 1.05 bits per heavy atom. The summed E-state index contributed by atoms with van der Waals surface area (Å²) in [5.41, 5.74) is 9.74. The van der Waals surface area contributed by atoms with E-state index in [4.69, 9.17) is 20.6 Å². The lowest BCUT2D eigenvalue weighted by Gasteiger charge is -2.31. The van der Waals surface area contributed by atoms with Gasteiger partial charge in [0.15, 0.2) is 0 Å². The second-order valence-electron chi connectivity index (χ2n) is 9.70. The number of hydrogen-bond donors (Lipinski definition) is 3. The van der Waals surface area contributed by atoms with Gasteiger partial charge in [-0.2, -0.15) is 0 Å². The molecule has 1 aliphatic rings. The number of likely N-dealkylation sites (tertiary alicyclic amines) is 1. The normalized spacial score (nSPS) is 15.1. The number of anilines is 1. The highest BCUT2D eigenvalue weighted by Crippen LogP contribution is 2.24. The van der Waals surface area contributed by atoms with E-state index in [9.17, 15) is 4.79 Å². The molecule has 7 nitrogen and oxygen atoms in total. The number of amides is 1. The van der Waals surface area contributed by atoms with E-state index in [1.165, 1.54) is 0 Å². The highest BCUT2D eigenvalue weighted by molar-refractivity contribution is 6.14. The van der Waals surface area contributed by atoms with Crippen LogP contribution in [0, 0.1) is 5.41 Å². The fourth-order valence-corrected chi connectivity index (χ4v) is 4.78. The second-order valence-corrected chi connectivity index (χ2v) is 9.70. The van der Waals surface area contributed by atoms with E-state index in [-0.39, 0.29) is 23.8 Å². The molecule has 0 bridgehead atoms. The SMILES string of the molecule is CCC(NC(=O)c1ccc(N)c(C(=N)c2ccc(OC3CCN(CCOC)CC3)cc2)c1)c1ccccc1. The van der Waals surface area contributed by atoms with E-state index in [1.54, 1.807) is 25.3 Å². The first-order valence-electron chi connectivity index (χ1n) is 13.3. The van der Waals surface area contributed by atoms with E-state index in [1.807, 2.05) is 61.5 Å². The molecule has 0 saturated carbocycles. The Morgan fingerprint density at radius 2 is 1.74 bits per heavy atom. The number of nitrogens with zero attached hydrogens (tertiary/aromatic N) is 1. The van der Waals surface area contributed by atoms with Gasteiger partial charge in [0.1, 0.15) is 11.9 Å². The van der Waals surface area contributed by atoms with Gasteiger partial charge in [-0.1, -0.05) is 37.3 Å². The third-order valence-corrected chi connectivity index (χ3v) is 7.09. The van der Waals surface area contributed by atoms with E-state index in [0.29, 0.717) is 22.4 Å². The molecule has 0 radical (unpaired) electrons. The van der Waals surface area contributed by atoms with Crippen LogP contribution in [0.5, 0.6) is 5.75 Å². The highest BCUT2D eigenvalue weighted by atomic mass is 16.5. The molecule has 1 amide bonds. The van der Waals surface area contributed by atoms with Crippen molar-refractivity contribution in [3.05, 3.63) is 95.1 Å². The van der Waals surface area contributed by atoms with E-state index in [2.05, 4.69) is 10.2 Å². The molecule has 3 aromatic carbocycles. The minimum absolute atomic E-state index is 0.0886. The van der Waals surface area contributed by atoms with Crippen LogP contribution < -0.4 is 15.8 Å². The topological polar surface area (TPSA) is 101 Å². The number of rotatable bonds is 11. The lowest BCUT2D eigenvalue weighted by atomic mass is 9.98. The molecule has 1 saturated heterocycles. The Bertz CT molecular complexity index is 1210. The molecule has 0 aliphatic carbocycles. The number of piperidine rings is 1. The Kier molecular flexibility index (Phi) is 9.51. The molecular weight excluding hydrogens is 476 g/mol. The first kappa shape index (κ1) is 27.4. The average Bonchev–Trinajstić information content (AvgIpc) is 2.96. The van der Waals surface area contributed by atoms with Gasteiger partial charge in [-0.3, -0.25) is 10.2 Å². The molecule has 1 aliphatic heterocycles. The van der Waals surface area contributed by atoms with Gasteiger partial charge in [-0.05, 0) is 67.3 Å². The maximum absolute atomic E-state index is 13.1. The molecule has 38 heavy (non-hydrogen) atoms. The summed E-state index contributed by atoms with van der Waals surface area (Å²) in [5.74, 6) is 0.608. The number of benzene rings is 3. The summed E-state index contributed by atoms with van der Waals surface area (Å²) >= 11 is 0. The molecule has 200 valence electrons. The minimum Gasteiger partial charge on any atom is -0.490 e. The molecule has 3 aromatic rings. The second kappa shape index (κ2) is 13.2. The van der Waals surface area contributed by atoms with Crippen LogP contribution in [-0.4, -0.2) is 56.0 Å². The van der Waals surface area contributed by atoms with Crippen molar-refractivity contribution in [2.75, 3.05) is 39.1 Å². The zero-order valence-corrected chi connectivity index (χ0v) is 22.3. The van der Waals surface area contributed by atoms with E-state index < -0.39 is 0 Å². The number of carbonyl (C=O) groups is 1. The number of methoxy groups -OCH3 is 1. The Hall–Kier alpha value is -3.68. The number of ether oxygens (including phenoxy) is 2. The molecule has 1 fully saturated rings. The van der Waals surface area contributed by atoms with Crippen molar-refractivity contribution in [2.24, 2.45) is 0 Å². The van der Waals surface area contributed by atoms with Gasteiger partial charge >= 0.3 is 0 Å². The summed E-state index contributed by atoms with van der Waals surface area (Å²) in [6.45, 7) is 5.76. The molecule has 4 N–H and O–H groups in total. The summed E-state index contributed by atoms with van der Waals surface area (Å²) < 4.78 is 11.4. The number of hydrogen-bond acceptors (Lipinski definition) is 6. The summed E-state index contributed by atoms with van der Waals surface area (Å²) in [5, 5.41) is 11.9. The van der Waals surface area contributed by atoms with Gasteiger partial charge in [-0.15, -0.1) is 0 Å². The smallest absolute Gasteiger partial charge is 0.251 e. The molecular formula is C31H38N4O3. The van der Waals surface area contributed by atoms with Crippen LogP contribution in [0.15, 0.2) is 72.8 Å². The summed E-state index contributed by atoms with van der Waals surface area (Å²) in [6.07, 6.45) is 2.92. The van der Waals surface area contributed by atoms with Crippen molar-refractivity contribution in [1.82, 2.24) is 10.2 Å². The molecule has 1 unspecified atom stereocenters. The van der Waals surface area contributed by atoms with Gasteiger partial charge in [0, 0.05) is 49.1 Å². The minimum atomic E-state index is -0.188. The Morgan fingerprint density at radius 3 is 2.39 bits per heavy atom. The largest absolute Gasteiger partial charge is 0.490 e. The first-order valence-corrected chi connectivity index (χ1v) is 13.3. The highest BCUT2D eigenvalue weighted by Gasteiger charge is 2.21. The van der Waals surface area contributed by atoms with Crippen molar-refractivity contribution >= 4 is 17.3 Å². The van der Waals surface area contributed by atoms with Crippen LogP contribution in [0.1, 0.15) is 59.3 Å². The molecule has 4 rings (SSSR count). The molecule has 7 heteroatoms. The molecule has 1 heterocycles. The zero-order valence-electron chi connectivity index (χ0n) is 22.3. The van der Waals surface area contributed by atoms with E-state index in [0.717, 1.165) is 56.8 Å². The van der Waals surface area contributed by atoms with Gasteiger partial charge in [0.25, 0.3) is 5.91 Å². The van der Waals surface area contributed by atoms with Gasteiger partial charge in [-0.25, -0.2) is 0 Å². The van der Waals surface area contributed by atoms with Crippen LogP contribution in [0.25, 0.3) is 0 Å². The molecule has 0 spiro atoms. The lowest BCUT2D eigenvalue weighted by Crippen LogP contribution is -2.39. The quantitative estimate of drug-likeness (QED) is 0.245. The van der Waals surface area contributed by atoms with Crippen molar-refractivity contribution in [1.29, 1.82) is 5.41 Å². The fourth-order valence-electron chi connectivity index (χ4n) is 4.78. The maximum atomic E-state index is 13.1. The van der Waals surface area contributed by atoms with Gasteiger partial charge in [0.2, 0.25) is 0 Å². The number of nitrogens with two attached hydrogens (primary N) is 1. The number of carbonyl (C=O) groups excluding carboxylic acids is 1. The van der Waals surface area contributed by atoms with E-state index >= 15 is 0 Å². The van der Waals surface area contributed by atoms with Crippen molar-refractivity contribution < 1.29 is 14.3 Å². The van der Waals surface area contributed by atoms with Crippen molar-refractivity contribution in [3.63, 3.8) is 0 Å². The Balaban J connectivity index is 1.39.